The summed E-state index contributed by atoms with van der Waals surface area (Å²) < 4.78 is 0. The van der Waals surface area contributed by atoms with Gasteiger partial charge in [-0.3, -0.25) is 0 Å². The van der Waals surface area contributed by atoms with Crippen molar-refractivity contribution in [3.8, 4) is 0 Å². The fourth-order valence-electron chi connectivity index (χ4n) is 1.36. The lowest BCUT2D eigenvalue weighted by Crippen LogP contribution is -2.17. The van der Waals surface area contributed by atoms with E-state index in [4.69, 9.17) is 16.7 Å². The Hall–Kier alpha value is -1.28. The molecule has 0 heterocycles. The number of benzene rings is 1. The highest BCUT2D eigenvalue weighted by Crippen LogP contribution is 2.27. The lowest BCUT2D eigenvalue weighted by Gasteiger charge is -2.19. The van der Waals surface area contributed by atoms with Crippen molar-refractivity contribution in [2.75, 3.05) is 0 Å². The minimum absolute atomic E-state index is 0.370. The van der Waals surface area contributed by atoms with Gasteiger partial charge >= 0.3 is 5.97 Å². The van der Waals surface area contributed by atoms with Gasteiger partial charge in [0, 0.05) is 10.6 Å². The molecule has 0 saturated carbocycles. The van der Waals surface area contributed by atoms with E-state index in [0.29, 0.717) is 10.6 Å². The van der Waals surface area contributed by atoms with Gasteiger partial charge in [-0.25, -0.2) is 4.79 Å². The van der Waals surface area contributed by atoms with Crippen LogP contribution in [-0.4, -0.2) is 11.1 Å². The number of carboxylic acid groups (broad SMARTS) is 1. The maximum atomic E-state index is 11.1. The summed E-state index contributed by atoms with van der Waals surface area (Å²) in [6, 6.07) is 7.14. The fraction of sp³-hybridized carbons (Fsp3) is 0.308. The highest BCUT2D eigenvalue weighted by atomic mass is 35.5. The number of halogens is 1. The van der Waals surface area contributed by atoms with Crippen LogP contribution in [0.5, 0.6) is 0 Å². The van der Waals surface area contributed by atoms with Crippen molar-refractivity contribution >= 4 is 23.6 Å². The predicted molar refractivity (Wildman–Crippen MR) is 66.5 cm³/mol. The van der Waals surface area contributed by atoms with Crippen LogP contribution in [0, 0.1) is 5.41 Å². The number of carbonyl (C=O) groups is 1. The Bertz CT molecular complexity index is 428. The molecule has 0 saturated heterocycles. The molecule has 0 aliphatic carbocycles. The van der Waals surface area contributed by atoms with Gasteiger partial charge < -0.3 is 5.11 Å². The van der Waals surface area contributed by atoms with Crippen LogP contribution < -0.4 is 0 Å². The average molecular weight is 239 g/mol. The van der Waals surface area contributed by atoms with E-state index in [1.54, 1.807) is 24.3 Å². The Kier molecular flexibility index (Phi) is 3.76. The number of hydrogen-bond acceptors (Lipinski definition) is 1. The van der Waals surface area contributed by atoms with Crippen molar-refractivity contribution in [2.45, 2.75) is 20.8 Å². The molecule has 86 valence electrons. The van der Waals surface area contributed by atoms with Gasteiger partial charge in [-0.15, -0.1) is 0 Å². The second-order valence-corrected chi connectivity index (χ2v) is 5.10. The molecule has 0 atom stereocenters. The van der Waals surface area contributed by atoms with E-state index in [1.165, 1.54) is 0 Å². The van der Waals surface area contributed by atoms with Crippen LogP contribution in [-0.2, 0) is 4.79 Å². The molecular weight excluding hydrogens is 224 g/mol. The lowest BCUT2D eigenvalue weighted by molar-refractivity contribution is -0.133. The van der Waals surface area contributed by atoms with Crippen LogP contribution in [0.15, 0.2) is 29.8 Å². The molecule has 0 fully saturated rings. The number of hydrogen-bond donors (Lipinski definition) is 1. The average Bonchev–Trinajstić information content (AvgIpc) is 2.12. The molecule has 1 rings (SSSR count). The van der Waals surface area contributed by atoms with Gasteiger partial charge in [-0.1, -0.05) is 44.5 Å². The van der Waals surface area contributed by atoms with Gasteiger partial charge in [-0.2, -0.15) is 0 Å². The maximum Gasteiger partial charge on any atom is 0.332 e. The van der Waals surface area contributed by atoms with Crippen molar-refractivity contribution in [1.82, 2.24) is 0 Å². The molecule has 1 N–H and O–H groups in total. The first-order chi connectivity index (χ1) is 7.30. The van der Waals surface area contributed by atoms with Gasteiger partial charge in [0.05, 0.1) is 0 Å². The van der Waals surface area contributed by atoms with Gasteiger partial charge in [-0.05, 0) is 29.2 Å². The molecule has 0 amide bonds. The summed E-state index contributed by atoms with van der Waals surface area (Å²) >= 11 is 5.85. The molecule has 3 heteroatoms. The molecule has 0 aliphatic heterocycles. The zero-order valence-electron chi connectivity index (χ0n) is 9.62. The van der Waals surface area contributed by atoms with E-state index in [9.17, 15) is 4.79 Å². The standard InChI is InChI=1S/C13H15ClO2/c1-13(2,3)11(12(15)16)8-9-5-4-6-10(14)7-9/h4-8H,1-3H3,(H,15,16)/b11-8+. The Morgan fingerprint density at radius 2 is 2.00 bits per heavy atom. The van der Waals surface area contributed by atoms with Gasteiger partial charge in [0.2, 0.25) is 0 Å². The largest absolute Gasteiger partial charge is 0.478 e. The van der Waals surface area contributed by atoms with Crippen LogP contribution in [0.3, 0.4) is 0 Å². The minimum atomic E-state index is -0.896. The number of rotatable bonds is 2. The maximum absolute atomic E-state index is 11.1. The van der Waals surface area contributed by atoms with Crippen molar-refractivity contribution in [3.05, 3.63) is 40.4 Å². The molecular formula is C13H15ClO2. The second-order valence-electron chi connectivity index (χ2n) is 4.67. The molecule has 1 aromatic rings. The molecule has 0 unspecified atom stereocenters. The summed E-state index contributed by atoms with van der Waals surface area (Å²) in [6.45, 7) is 5.62. The number of carboxylic acids is 1. The summed E-state index contributed by atoms with van der Waals surface area (Å²) in [7, 11) is 0. The third-order valence-corrected chi connectivity index (χ3v) is 2.43. The van der Waals surface area contributed by atoms with Crippen molar-refractivity contribution < 1.29 is 9.90 Å². The quantitative estimate of drug-likeness (QED) is 0.795. The summed E-state index contributed by atoms with van der Waals surface area (Å²) in [5, 5.41) is 9.74. The summed E-state index contributed by atoms with van der Waals surface area (Å²) in [4.78, 5) is 11.1. The Morgan fingerprint density at radius 1 is 1.38 bits per heavy atom. The van der Waals surface area contributed by atoms with E-state index in [1.807, 2.05) is 26.8 Å². The van der Waals surface area contributed by atoms with E-state index in [0.717, 1.165) is 5.56 Å². The highest BCUT2D eigenvalue weighted by Gasteiger charge is 2.23. The molecule has 0 bridgehead atoms. The second kappa shape index (κ2) is 4.71. The summed E-state index contributed by atoms with van der Waals surface area (Å²) in [5.41, 5.74) is 0.781. The first-order valence-corrected chi connectivity index (χ1v) is 5.39. The molecule has 0 spiro atoms. The lowest BCUT2D eigenvalue weighted by atomic mass is 9.85. The smallest absolute Gasteiger partial charge is 0.332 e. The molecule has 2 nitrogen and oxygen atoms in total. The van der Waals surface area contributed by atoms with Crippen molar-refractivity contribution in [2.24, 2.45) is 5.41 Å². The number of aliphatic carboxylic acids is 1. The van der Waals surface area contributed by atoms with Gasteiger partial charge in [0.1, 0.15) is 0 Å². The van der Waals surface area contributed by atoms with E-state index in [2.05, 4.69) is 0 Å². The minimum Gasteiger partial charge on any atom is -0.478 e. The normalized spacial score (nSPS) is 12.6. The zero-order chi connectivity index (χ0) is 12.3. The topological polar surface area (TPSA) is 37.3 Å². The third-order valence-electron chi connectivity index (χ3n) is 2.20. The zero-order valence-corrected chi connectivity index (χ0v) is 10.4. The Labute approximate surface area is 101 Å². The Morgan fingerprint density at radius 3 is 2.44 bits per heavy atom. The van der Waals surface area contributed by atoms with Crippen LogP contribution in [0.25, 0.3) is 6.08 Å². The summed E-state index contributed by atoms with van der Waals surface area (Å²) in [5.74, 6) is -0.896. The SMILES string of the molecule is CC(C)(C)/C(=C/c1cccc(Cl)c1)C(=O)O. The van der Waals surface area contributed by atoms with Crippen LogP contribution in [0.4, 0.5) is 0 Å². The molecule has 0 radical (unpaired) electrons. The molecule has 0 aliphatic rings. The first kappa shape index (κ1) is 12.8. The predicted octanol–water partition coefficient (Wildman–Crippen LogP) is 3.85. The van der Waals surface area contributed by atoms with E-state index < -0.39 is 11.4 Å². The van der Waals surface area contributed by atoms with Gasteiger partial charge in [0.25, 0.3) is 0 Å². The van der Waals surface area contributed by atoms with Gasteiger partial charge in [0.15, 0.2) is 0 Å². The van der Waals surface area contributed by atoms with Crippen LogP contribution in [0.1, 0.15) is 26.3 Å². The van der Waals surface area contributed by atoms with E-state index >= 15 is 0 Å². The summed E-state index contributed by atoms with van der Waals surface area (Å²) in [6.07, 6.45) is 1.66. The van der Waals surface area contributed by atoms with Crippen LogP contribution in [0.2, 0.25) is 5.02 Å². The molecule has 16 heavy (non-hydrogen) atoms. The third kappa shape index (κ3) is 3.38. The monoisotopic (exact) mass is 238 g/mol. The highest BCUT2D eigenvalue weighted by molar-refractivity contribution is 6.30. The molecule has 1 aromatic carbocycles. The van der Waals surface area contributed by atoms with Crippen LogP contribution >= 0.6 is 11.6 Å². The Balaban J connectivity index is 3.18. The van der Waals surface area contributed by atoms with Crippen molar-refractivity contribution in [3.63, 3.8) is 0 Å². The fourth-order valence-corrected chi connectivity index (χ4v) is 1.56. The van der Waals surface area contributed by atoms with E-state index in [-0.39, 0.29) is 0 Å². The first-order valence-electron chi connectivity index (χ1n) is 5.02. The molecule has 0 aromatic heterocycles. The van der Waals surface area contributed by atoms with Crippen molar-refractivity contribution in [1.29, 1.82) is 0 Å².